The van der Waals surface area contributed by atoms with Gasteiger partial charge in [0.25, 0.3) is 0 Å². The molecular formula is C23H25F2N3O5S. The summed E-state index contributed by atoms with van der Waals surface area (Å²) in [5, 5.41) is 12.1. The molecule has 1 aliphatic rings. The fraction of sp³-hybridized carbons (Fsp3) is 0.391. The summed E-state index contributed by atoms with van der Waals surface area (Å²) in [6, 6.07) is 12.5. The Labute approximate surface area is 197 Å². The molecule has 0 aliphatic carbocycles. The van der Waals surface area contributed by atoms with Gasteiger partial charge in [-0.3, -0.25) is 4.79 Å². The van der Waals surface area contributed by atoms with Crippen molar-refractivity contribution in [2.24, 2.45) is 5.92 Å². The number of alkyl halides is 2. The third kappa shape index (κ3) is 6.01. The molecule has 34 heavy (non-hydrogen) atoms. The first-order valence-electron chi connectivity index (χ1n) is 10.6. The van der Waals surface area contributed by atoms with Gasteiger partial charge in [-0.25, -0.2) is 8.42 Å². The van der Waals surface area contributed by atoms with Crippen LogP contribution in [0.1, 0.15) is 24.0 Å². The minimum atomic E-state index is -3.81. The van der Waals surface area contributed by atoms with E-state index in [2.05, 4.69) is 10.1 Å². The number of benzene rings is 2. The topological polar surface area (TPSA) is 109 Å². The lowest BCUT2D eigenvalue weighted by Gasteiger charge is -2.30. The largest absolute Gasteiger partial charge is 0.493 e. The van der Waals surface area contributed by atoms with Gasteiger partial charge in [-0.2, -0.15) is 18.3 Å². The van der Waals surface area contributed by atoms with Crippen molar-refractivity contribution in [1.29, 1.82) is 5.26 Å². The lowest BCUT2D eigenvalue weighted by molar-refractivity contribution is -0.126. The van der Waals surface area contributed by atoms with Crippen LogP contribution in [0.2, 0.25) is 0 Å². The van der Waals surface area contributed by atoms with Crippen molar-refractivity contribution >= 4 is 15.9 Å². The number of ether oxygens (including phenoxy) is 2. The number of rotatable bonds is 9. The van der Waals surface area contributed by atoms with Crippen molar-refractivity contribution in [2.75, 3.05) is 26.7 Å². The first-order chi connectivity index (χ1) is 16.3. The standard InChI is InChI=1S/C23H25F2N3O5S/c1-32-20-14-16(6-7-19(20)33-23(24)25)8-11-27-22(29)17-9-12-28(13-10-17)34(30,31)21-5-3-2-4-18(21)15-26/h2-7,14,17,23H,8-13H2,1H3,(H,27,29). The summed E-state index contributed by atoms with van der Waals surface area (Å²) in [5.41, 5.74) is 0.864. The second-order valence-corrected chi connectivity index (χ2v) is 9.60. The number of halogens is 2. The van der Waals surface area contributed by atoms with E-state index in [0.29, 0.717) is 25.8 Å². The summed E-state index contributed by atoms with van der Waals surface area (Å²) in [6.45, 7) is -2.27. The molecule has 0 radical (unpaired) electrons. The van der Waals surface area contributed by atoms with Gasteiger partial charge in [0.05, 0.1) is 17.6 Å². The van der Waals surface area contributed by atoms with Crippen molar-refractivity contribution < 1.29 is 31.5 Å². The minimum absolute atomic E-state index is 0.0270. The maximum atomic E-state index is 12.9. The molecule has 1 aliphatic heterocycles. The zero-order chi connectivity index (χ0) is 24.7. The van der Waals surface area contributed by atoms with Crippen LogP contribution < -0.4 is 14.8 Å². The highest BCUT2D eigenvalue weighted by molar-refractivity contribution is 7.89. The molecule has 0 bridgehead atoms. The molecule has 2 aromatic rings. The highest BCUT2D eigenvalue weighted by atomic mass is 32.2. The zero-order valence-electron chi connectivity index (χ0n) is 18.5. The van der Waals surface area contributed by atoms with Crippen molar-refractivity contribution in [3.8, 4) is 17.6 Å². The molecular weight excluding hydrogens is 468 g/mol. The number of nitriles is 1. The molecule has 11 heteroatoms. The molecule has 1 saturated heterocycles. The number of hydrogen-bond acceptors (Lipinski definition) is 6. The van der Waals surface area contributed by atoms with Crippen molar-refractivity contribution in [3.05, 3.63) is 53.6 Å². The molecule has 0 spiro atoms. The first-order valence-corrected chi connectivity index (χ1v) is 12.1. The number of sulfonamides is 1. The SMILES string of the molecule is COc1cc(CCNC(=O)C2CCN(S(=O)(=O)c3ccccc3C#N)CC2)ccc1OC(F)F. The molecule has 1 heterocycles. The fourth-order valence-corrected chi connectivity index (χ4v) is 5.43. The molecule has 0 atom stereocenters. The number of carbonyl (C=O) groups excluding carboxylic acids is 1. The number of nitrogens with one attached hydrogen (secondary N) is 1. The van der Waals surface area contributed by atoms with E-state index in [1.165, 1.54) is 29.6 Å². The second-order valence-electron chi connectivity index (χ2n) is 7.69. The fourth-order valence-electron chi connectivity index (χ4n) is 3.82. The van der Waals surface area contributed by atoms with Gasteiger partial charge in [-0.15, -0.1) is 0 Å². The monoisotopic (exact) mass is 493 g/mol. The average molecular weight is 494 g/mol. The summed E-state index contributed by atoms with van der Waals surface area (Å²) < 4.78 is 61.5. The lowest BCUT2D eigenvalue weighted by atomic mass is 9.97. The Hall–Kier alpha value is -3.23. The van der Waals surface area contributed by atoms with Crippen LogP contribution in [0.4, 0.5) is 8.78 Å². The number of hydrogen-bond donors (Lipinski definition) is 1. The Kier molecular flexibility index (Phi) is 8.41. The molecule has 182 valence electrons. The Morgan fingerprint density at radius 3 is 2.56 bits per heavy atom. The smallest absolute Gasteiger partial charge is 0.387 e. The van der Waals surface area contributed by atoms with Gasteiger partial charge in [0.15, 0.2) is 11.5 Å². The summed E-state index contributed by atoms with van der Waals surface area (Å²) in [7, 11) is -2.46. The predicted molar refractivity (Wildman–Crippen MR) is 119 cm³/mol. The van der Waals surface area contributed by atoms with Crippen LogP contribution in [0.3, 0.4) is 0 Å². The Morgan fingerprint density at radius 1 is 1.21 bits per heavy atom. The summed E-state index contributed by atoms with van der Waals surface area (Å²) in [6.07, 6.45) is 1.19. The molecule has 8 nitrogen and oxygen atoms in total. The molecule has 0 saturated carbocycles. The van der Waals surface area contributed by atoms with E-state index in [1.54, 1.807) is 24.3 Å². The molecule has 3 rings (SSSR count). The van der Waals surface area contributed by atoms with E-state index in [4.69, 9.17) is 4.74 Å². The van der Waals surface area contributed by atoms with Crippen molar-refractivity contribution in [3.63, 3.8) is 0 Å². The number of amides is 1. The summed E-state index contributed by atoms with van der Waals surface area (Å²) in [4.78, 5) is 12.5. The highest BCUT2D eigenvalue weighted by Crippen LogP contribution is 2.30. The molecule has 0 unspecified atom stereocenters. The highest BCUT2D eigenvalue weighted by Gasteiger charge is 2.33. The normalized spacial score (nSPS) is 15.0. The quantitative estimate of drug-likeness (QED) is 0.575. The van der Waals surface area contributed by atoms with E-state index in [-0.39, 0.29) is 46.9 Å². The van der Waals surface area contributed by atoms with Gasteiger partial charge < -0.3 is 14.8 Å². The van der Waals surface area contributed by atoms with Gasteiger partial charge in [0.1, 0.15) is 6.07 Å². The molecule has 1 amide bonds. The lowest BCUT2D eigenvalue weighted by Crippen LogP contribution is -2.43. The Bertz CT molecular complexity index is 1160. The van der Waals surface area contributed by atoms with E-state index >= 15 is 0 Å². The molecule has 1 fully saturated rings. The van der Waals surface area contributed by atoms with Gasteiger partial charge in [0.2, 0.25) is 15.9 Å². The summed E-state index contributed by atoms with van der Waals surface area (Å²) >= 11 is 0. The summed E-state index contributed by atoms with van der Waals surface area (Å²) in [5.74, 6) is -0.381. The van der Waals surface area contributed by atoms with E-state index < -0.39 is 16.6 Å². The first kappa shape index (κ1) is 25.4. The number of carbonyl (C=O) groups is 1. The Balaban J connectivity index is 1.51. The third-order valence-corrected chi connectivity index (χ3v) is 7.56. The molecule has 0 aromatic heterocycles. The van der Waals surface area contributed by atoms with Gasteiger partial charge >= 0.3 is 6.61 Å². The van der Waals surface area contributed by atoms with E-state index in [9.17, 15) is 27.3 Å². The van der Waals surface area contributed by atoms with Crippen LogP contribution >= 0.6 is 0 Å². The number of nitrogens with zero attached hydrogens (tertiary/aromatic N) is 2. The van der Waals surface area contributed by atoms with Crippen molar-refractivity contribution in [2.45, 2.75) is 30.8 Å². The van der Waals surface area contributed by atoms with E-state index in [0.717, 1.165) is 5.56 Å². The van der Waals surface area contributed by atoms with Crippen molar-refractivity contribution in [1.82, 2.24) is 9.62 Å². The van der Waals surface area contributed by atoms with Crippen LogP contribution in [0.25, 0.3) is 0 Å². The average Bonchev–Trinajstić information content (AvgIpc) is 2.84. The zero-order valence-corrected chi connectivity index (χ0v) is 19.4. The second kappa shape index (κ2) is 11.3. The maximum absolute atomic E-state index is 12.9. The van der Waals surface area contributed by atoms with Crippen LogP contribution in [-0.2, 0) is 21.2 Å². The van der Waals surface area contributed by atoms with Crippen LogP contribution in [0, 0.1) is 17.2 Å². The Morgan fingerprint density at radius 2 is 1.91 bits per heavy atom. The van der Waals surface area contributed by atoms with Crippen LogP contribution in [0.15, 0.2) is 47.4 Å². The van der Waals surface area contributed by atoms with Gasteiger partial charge in [-0.05, 0) is 49.1 Å². The molecule has 1 N–H and O–H groups in total. The predicted octanol–water partition coefficient (Wildman–Crippen LogP) is 2.93. The van der Waals surface area contributed by atoms with Crippen LogP contribution in [0.5, 0.6) is 11.5 Å². The number of methoxy groups -OCH3 is 1. The van der Waals surface area contributed by atoms with E-state index in [1.807, 2.05) is 6.07 Å². The third-order valence-electron chi connectivity index (χ3n) is 5.61. The number of piperidine rings is 1. The molecule has 2 aromatic carbocycles. The van der Waals surface area contributed by atoms with Gasteiger partial charge in [-0.1, -0.05) is 18.2 Å². The maximum Gasteiger partial charge on any atom is 0.387 e. The van der Waals surface area contributed by atoms with Crippen LogP contribution in [-0.4, -0.2) is 52.0 Å². The van der Waals surface area contributed by atoms with Gasteiger partial charge in [0, 0.05) is 25.6 Å². The minimum Gasteiger partial charge on any atom is -0.493 e.